The molecule has 0 heterocycles. The molecule has 1 fully saturated rings. The molecule has 3 nitrogen and oxygen atoms in total. The number of aryl methyl sites for hydroxylation is 2. The zero-order valence-electron chi connectivity index (χ0n) is 21.3. The van der Waals surface area contributed by atoms with E-state index in [4.69, 9.17) is 11.3 Å². The molecule has 3 rings (SSSR count). The summed E-state index contributed by atoms with van der Waals surface area (Å²) in [6.07, 6.45) is 7.48. The van der Waals surface area contributed by atoms with E-state index in [-0.39, 0.29) is 5.41 Å². The Labute approximate surface area is 206 Å². The minimum absolute atomic E-state index is 0.0701. The molecule has 1 aliphatic rings. The Morgan fingerprint density at radius 1 is 1.00 bits per heavy atom. The van der Waals surface area contributed by atoms with Gasteiger partial charge in [0.25, 0.3) is 0 Å². The maximum Gasteiger partial charge on any atom is 0.214 e. The summed E-state index contributed by atoms with van der Waals surface area (Å²) in [6.45, 7) is 16.9. The molecular formula is C31H39NO2. The number of ether oxygens (including phenoxy) is 1. The fourth-order valence-electron chi connectivity index (χ4n) is 5.19. The smallest absolute Gasteiger partial charge is 0.214 e. The van der Waals surface area contributed by atoms with Gasteiger partial charge in [0.2, 0.25) is 6.54 Å². The molecule has 0 unspecified atom stereocenters. The highest BCUT2D eigenvalue weighted by atomic mass is 16.5. The Balaban J connectivity index is 1.84. The first-order valence-electron chi connectivity index (χ1n) is 12.8. The molecule has 0 saturated heterocycles. The second kappa shape index (κ2) is 11.6. The molecule has 1 N–H and O–H groups in total. The molecule has 0 atom stereocenters. The first-order valence-corrected chi connectivity index (χ1v) is 12.8. The van der Waals surface area contributed by atoms with Crippen LogP contribution in [0.2, 0.25) is 0 Å². The topological polar surface area (TPSA) is 33.8 Å². The van der Waals surface area contributed by atoms with Crippen LogP contribution in [0.15, 0.2) is 36.4 Å². The van der Waals surface area contributed by atoms with Crippen LogP contribution in [0.4, 0.5) is 0 Å². The predicted octanol–water partition coefficient (Wildman–Crippen LogP) is 7.14. The van der Waals surface area contributed by atoms with Crippen LogP contribution in [0, 0.1) is 32.3 Å². The summed E-state index contributed by atoms with van der Waals surface area (Å²) in [7, 11) is 0. The van der Waals surface area contributed by atoms with E-state index in [1.807, 2.05) is 0 Å². The van der Waals surface area contributed by atoms with Gasteiger partial charge in [-0.05, 0) is 93.2 Å². The van der Waals surface area contributed by atoms with Gasteiger partial charge in [0.15, 0.2) is 0 Å². The van der Waals surface area contributed by atoms with Gasteiger partial charge in [-0.1, -0.05) is 50.0 Å². The van der Waals surface area contributed by atoms with Crippen molar-refractivity contribution >= 4 is 0 Å². The molecule has 2 aromatic rings. The molecule has 0 spiro atoms. The van der Waals surface area contributed by atoms with Gasteiger partial charge in [-0.15, -0.1) is 0 Å². The largest absolute Gasteiger partial charge is 0.493 e. The van der Waals surface area contributed by atoms with E-state index in [0.29, 0.717) is 13.2 Å². The lowest BCUT2D eigenvalue weighted by molar-refractivity contribution is 0.110. The summed E-state index contributed by atoms with van der Waals surface area (Å²) in [5.41, 5.74) is 5.07. The molecule has 180 valence electrons. The van der Waals surface area contributed by atoms with Gasteiger partial charge in [-0.3, -0.25) is 0 Å². The number of unbranched alkanes of at least 4 members (excludes halogenated alkanes) is 1. The highest BCUT2D eigenvalue weighted by molar-refractivity contribution is 5.50. The lowest BCUT2D eigenvalue weighted by atomic mass is 9.70. The van der Waals surface area contributed by atoms with Gasteiger partial charge < -0.3 is 14.7 Å². The van der Waals surface area contributed by atoms with Crippen molar-refractivity contribution < 1.29 is 9.84 Å². The highest BCUT2D eigenvalue weighted by Crippen LogP contribution is 2.41. The van der Waals surface area contributed by atoms with Crippen molar-refractivity contribution in [2.45, 2.75) is 90.1 Å². The van der Waals surface area contributed by atoms with E-state index in [9.17, 15) is 5.11 Å². The fourth-order valence-corrected chi connectivity index (χ4v) is 5.19. The Bertz CT molecular complexity index is 1070. The van der Waals surface area contributed by atoms with E-state index in [1.54, 1.807) is 0 Å². The van der Waals surface area contributed by atoms with Crippen LogP contribution >= 0.6 is 0 Å². The normalized spacial score (nSPS) is 14.8. The fraction of sp³-hybridized carbons (Fsp3) is 0.516. The molecule has 34 heavy (non-hydrogen) atoms. The van der Waals surface area contributed by atoms with Gasteiger partial charge in [0.1, 0.15) is 11.4 Å². The summed E-state index contributed by atoms with van der Waals surface area (Å²) in [5.74, 6) is 7.35. The summed E-state index contributed by atoms with van der Waals surface area (Å²) in [6, 6.07) is 13.2. The quantitative estimate of drug-likeness (QED) is 0.246. The Kier molecular flexibility index (Phi) is 8.82. The Morgan fingerprint density at radius 2 is 1.65 bits per heavy atom. The lowest BCUT2D eigenvalue weighted by Crippen LogP contribution is -2.26. The summed E-state index contributed by atoms with van der Waals surface area (Å²) in [5, 5.41) is 10.6. The first-order chi connectivity index (χ1) is 16.4. The van der Waals surface area contributed by atoms with E-state index >= 15 is 0 Å². The van der Waals surface area contributed by atoms with Crippen LogP contribution in [0.1, 0.15) is 93.0 Å². The zero-order chi connectivity index (χ0) is 24.6. The van der Waals surface area contributed by atoms with Gasteiger partial charge in [-0.25, -0.2) is 6.57 Å². The zero-order valence-corrected chi connectivity index (χ0v) is 21.3. The molecule has 3 heteroatoms. The molecular weight excluding hydrogens is 418 g/mol. The number of benzene rings is 2. The third kappa shape index (κ3) is 5.84. The third-order valence-electron chi connectivity index (χ3n) is 7.50. The number of nitrogens with zero attached hydrogens (tertiary/aromatic N) is 1. The van der Waals surface area contributed by atoms with Crippen molar-refractivity contribution in [3.63, 3.8) is 0 Å². The van der Waals surface area contributed by atoms with Crippen LogP contribution in [0.5, 0.6) is 5.75 Å². The predicted molar refractivity (Wildman–Crippen MR) is 140 cm³/mol. The van der Waals surface area contributed by atoms with Crippen LogP contribution in [0.25, 0.3) is 4.85 Å². The minimum atomic E-state index is -0.806. The number of aliphatic hydroxyl groups is 1. The lowest BCUT2D eigenvalue weighted by Gasteiger charge is -2.34. The van der Waals surface area contributed by atoms with Gasteiger partial charge in [-0.2, -0.15) is 0 Å². The summed E-state index contributed by atoms with van der Waals surface area (Å²) < 4.78 is 6.00. The highest BCUT2D eigenvalue weighted by Gasteiger charge is 2.32. The van der Waals surface area contributed by atoms with Crippen molar-refractivity contribution in [3.05, 3.63) is 75.6 Å². The summed E-state index contributed by atoms with van der Waals surface area (Å²) in [4.78, 5) is 3.40. The van der Waals surface area contributed by atoms with Crippen LogP contribution in [-0.2, 0) is 5.41 Å². The second-order valence-electron chi connectivity index (χ2n) is 9.73. The standard InChI is InChI=1S/C31H39NO2/c1-6-31(7-2,28-14-15-29(25(4)23-28)34-21-11-10-20-32-5)27-13-12-26(24(3)22-27)16-19-30(33)17-8-9-18-30/h12-15,22-23,33H,6-11,17-18,20-21H2,1-4H3. The Hall–Kier alpha value is -2.75. The maximum absolute atomic E-state index is 10.6. The van der Waals surface area contributed by atoms with Crippen LogP contribution in [0.3, 0.4) is 0 Å². The third-order valence-corrected chi connectivity index (χ3v) is 7.50. The van der Waals surface area contributed by atoms with E-state index in [1.165, 1.54) is 11.1 Å². The molecule has 0 aromatic heterocycles. The first kappa shape index (κ1) is 25.9. The Morgan fingerprint density at radius 3 is 2.24 bits per heavy atom. The van der Waals surface area contributed by atoms with Crippen LogP contribution in [-0.4, -0.2) is 23.9 Å². The molecule has 1 saturated carbocycles. The molecule has 2 aromatic carbocycles. The number of hydrogen-bond acceptors (Lipinski definition) is 2. The van der Waals surface area contributed by atoms with E-state index in [2.05, 4.69) is 80.8 Å². The molecule has 0 bridgehead atoms. The van der Waals surface area contributed by atoms with Crippen molar-refractivity contribution in [1.29, 1.82) is 0 Å². The number of hydrogen-bond donors (Lipinski definition) is 1. The molecule has 0 radical (unpaired) electrons. The average molecular weight is 458 g/mol. The molecule has 1 aliphatic carbocycles. The monoisotopic (exact) mass is 457 g/mol. The van der Waals surface area contributed by atoms with Crippen molar-refractivity contribution in [1.82, 2.24) is 0 Å². The second-order valence-corrected chi connectivity index (χ2v) is 9.73. The van der Waals surface area contributed by atoms with Crippen molar-refractivity contribution in [2.24, 2.45) is 0 Å². The van der Waals surface area contributed by atoms with E-state index in [0.717, 1.165) is 73.8 Å². The van der Waals surface area contributed by atoms with Crippen molar-refractivity contribution in [2.75, 3.05) is 13.2 Å². The molecule has 0 aliphatic heterocycles. The van der Waals surface area contributed by atoms with E-state index < -0.39 is 5.60 Å². The minimum Gasteiger partial charge on any atom is -0.493 e. The van der Waals surface area contributed by atoms with Gasteiger partial charge in [0.05, 0.1) is 6.61 Å². The van der Waals surface area contributed by atoms with Crippen LogP contribution < -0.4 is 4.74 Å². The van der Waals surface area contributed by atoms with Gasteiger partial charge in [0, 0.05) is 17.4 Å². The SMILES string of the molecule is [C-]#[N+]CCCCOc1ccc(C(CC)(CC)c2ccc(C#CC3(O)CCCC3)c(C)c2)cc1C. The molecule has 0 amide bonds. The summed E-state index contributed by atoms with van der Waals surface area (Å²) >= 11 is 0. The van der Waals surface area contributed by atoms with Gasteiger partial charge >= 0.3 is 0 Å². The van der Waals surface area contributed by atoms with Crippen molar-refractivity contribution in [3.8, 4) is 17.6 Å². The average Bonchev–Trinajstić information content (AvgIpc) is 3.27. The maximum atomic E-state index is 10.6. The number of rotatable bonds is 9.